The Labute approximate surface area is 189 Å². The summed E-state index contributed by atoms with van der Waals surface area (Å²) < 4.78 is 15.4. The van der Waals surface area contributed by atoms with Crippen molar-refractivity contribution in [3.63, 3.8) is 0 Å². The smallest absolute Gasteiger partial charge is 0.317 e. The van der Waals surface area contributed by atoms with Gasteiger partial charge >= 0.3 is 6.03 Å². The Bertz CT molecular complexity index is 1020. The molecular weight excluding hydrogens is 403 g/mol. The molecule has 168 valence electrons. The fourth-order valence-corrected chi connectivity index (χ4v) is 4.41. The van der Waals surface area contributed by atoms with E-state index in [-0.39, 0.29) is 11.8 Å². The number of carbonyl (C=O) groups excluding carboxylic acids is 1. The van der Waals surface area contributed by atoms with Gasteiger partial charge in [0.05, 0.1) is 0 Å². The number of urea groups is 1. The van der Waals surface area contributed by atoms with E-state index in [1.54, 1.807) is 0 Å². The zero-order valence-corrected chi connectivity index (χ0v) is 18.6. The molecular formula is C26H31FN4O. The number of rotatable bonds is 7. The fourth-order valence-electron chi connectivity index (χ4n) is 4.41. The SMILES string of the molecule is Cc1cnc(CC2CCCN(C(=O)NCCc3ccccc3)C2)n1Cc1ccc(F)cc1. The number of aromatic nitrogens is 2. The van der Waals surface area contributed by atoms with E-state index in [9.17, 15) is 9.18 Å². The van der Waals surface area contributed by atoms with Crippen molar-refractivity contribution < 1.29 is 9.18 Å². The Morgan fingerprint density at radius 3 is 2.69 bits per heavy atom. The van der Waals surface area contributed by atoms with Crippen molar-refractivity contribution in [3.8, 4) is 0 Å². The van der Waals surface area contributed by atoms with Crippen LogP contribution in [-0.4, -0.2) is 40.1 Å². The van der Waals surface area contributed by atoms with Crippen LogP contribution < -0.4 is 5.32 Å². The van der Waals surface area contributed by atoms with Gasteiger partial charge in [0.15, 0.2) is 0 Å². The van der Waals surface area contributed by atoms with Crippen molar-refractivity contribution in [2.24, 2.45) is 5.92 Å². The molecule has 1 fully saturated rings. The van der Waals surface area contributed by atoms with Gasteiger partial charge in [-0.05, 0) is 55.4 Å². The van der Waals surface area contributed by atoms with E-state index in [0.29, 0.717) is 19.0 Å². The summed E-state index contributed by atoms with van der Waals surface area (Å²) in [6.07, 6.45) is 5.67. The number of amides is 2. The summed E-state index contributed by atoms with van der Waals surface area (Å²) in [5.74, 6) is 1.20. The van der Waals surface area contributed by atoms with Gasteiger partial charge in [0.1, 0.15) is 11.6 Å². The van der Waals surface area contributed by atoms with E-state index in [0.717, 1.165) is 55.9 Å². The molecule has 1 aliphatic heterocycles. The minimum atomic E-state index is -0.222. The van der Waals surface area contributed by atoms with E-state index in [1.807, 2.05) is 48.4 Å². The molecule has 32 heavy (non-hydrogen) atoms. The molecule has 3 aromatic rings. The number of nitrogens with one attached hydrogen (secondary N) is 1. The number of carbonyl (C=O) groups is 1. The number of piperidine rings is 1. The number of aryl methyl sites for hydroxylation is 1. The van der Waals surface area contributed by atoms with Gasteiger partial charge in [-0.15, -0.1) is 0 Å². The Morgan fingerprint density at radius 1 is 1.12 bits per heavy atom. The van der Waals surface area contributed by atoms with E-state index in [1.165, 1.54) is 17.7 Å². The molecule has 5 nitrogen and oxygen atoms in total. The number of nitrogens with zero attached hydrogens (tertiary/aromatic N) is 3. The zero-order chi connectivity index (χ0) is 22.3. The Morgan fingerprint density at radius 2 is 1.91 bits per heavy atom. The maximum atomic E-state index is 13.2. The lowest BCUT2D eigenvalue weighted by Crippen LogP contribution is -2.46. The average molecular weight is 435 g/mol. The zero-order valence-electron chi connectivity index (χ0n) is 18.6. The van der Waals surface area contributed by atoms with Gasteiger partial charge in [-0.3, -0.25) is 0 Å². The molecule has 0 spiro atoms. The highest BCUT2D eigenvalue weighted by atomic mass is 19.1. The van der Waals surface area contributed by atoms with Crippen LogP contribution in [0.25, 0.3) is 0 Å². The minimum absolute atomic E-state index is 0.0245. The molecule has 2 heterocycles. The Kier molecular flexibility index (Phi) is 7.20. The molecule has 1 unspecified atom stereocenters. The molecule has 2 amide bonds. The maximum absolute atomic E-state index is 13.2. The van der Waals surface area contributed by atoms with Crippen molar-refractivity contribution >= 4 is 6.03 Å². The van der Waals surface area contributed by atoms with Crippen LogP contribution in [0.4, 0.5) is 9.18 Å². The second-order valence-corrected chi connectivity index (χ2v) is 8.65. The predicted octanol–water partition coefficient (Wildman–Crippen LogP) is 4.59. The molecule has 1 atom stereocenters. The normalized spacial score (nSPS) is 16.2. The molecule has 1 aromatic heterocycles. The highest BCUT2D eigenvalue weighted by Gasteiger charge is 2.25. The van der Waals surface area contributed by atoms with Crippen molar-refractivity contribution in [2.75, 3.05) is 19.6 Å². The fraction of sp³-hybridized carbons (Fsp3) is 0.385. The van der Waals surface area contributed by atoms with Gasteiger partial charge < -0.3 is 14.8 Å². The summed E-state index contributed by atoms with van der Waals surface area (Å²) in [4.78, 5) is 19.3. The average Bonchev–Trinajstić information content (AvgIpc) is 3.15. The molecule has 0 radical (unpaired) electrons. The van der Waals surface area contributed by atoms with Crippen molar-refractivity contribution in [2.45, 2.75) is 39.2 Å². The summed E-state index contributed by atoms with van der Waals surface area (Å²) in [5.41, 5.74) is 3.38. The maximum Gasteiger partial charge on any atom is 0.317 e. The predicted molar refractivity (Wildman–Crippen MR) is 124 cm³/mol. The van der Waals surface area contributed by atoms with E-state index >= 15 is 0 Å². The first-order valence-electron chi connectivity index (χ1n) is 11.4. The molecule has 4 rings (SSSR count). The second-order valence-electron chi connectivity index (χ2n) is 8.65. The molecule has 0 saturated carbocycles. The van der Waals surface area contributed by atoms with Crippen molar-refractivity contribution in [3.05, 3.63) is 89.3 Å². The third kappa shape index (κ3) is 5.75. The van der Waals surface area contributed by atoms with Gasteiger partial charge in [-0.1, -0.05) is 42.5 Å². The number of hydrogen-bond acceptors (Lipinski definition) is 2. The summed E-state index contributed by atoms with van der Waals surface area (Å²) in [6.45, 7) is 4.92. The van der Waals surface area contributed by atoms with Crippen LogP contribution in [0.5, 0.6) is 0 Å². The van der Waals surface area contributed by atoms with Crippen LogP contribution >= 0.6 is 0 Å². The highest BCUT2D eigenvalue weighted by Crippen LogP contribution is 2.22. The van der Waals surface area contributed by atoms with Gasteiger partial charge in [0.25, 0.3) is 0 Å². The number of likely N-dealkylation sites (tertiary alicyclic amines) is 1. The standard InChI is InChI=1S/C26H31FN4O/c1-20-17-29-25(31(20)19-22-9-11-24(27)12-10-22)16-23-8-5-15-30(18-23)26(32)28-14-13-21-6-3-2-4-7-21/h2-4,6-7,9-12,17,23H,5,8,13-16,18-19H2,1H3,(H,28,32). The summed E-state index contributed by atoms with van der Waals surface area (Å²) >= 11 is 0. The third-order valence-corrected chi connectivity index (χ3v) is 6.20. The lowest BCUT2D eigenvalue weighted by atomic mass is 9.94. The largest absolute Gasteiger partial charge is 0.338 e. The molecule has 1 aliphatic rings. The van der Waals surface area contributed by atoms with Gasteiger partial charge in [0.2, 0.25) is 0 Å². The first-order valence-corrected chi connectivity index (χ1v) is 11.4. The van der Waals surface area contributed by atoms with Gasteiger partial charge in [-0.2, -0.15) is 0 Å². The quantitative estimate of drug-likeness (QED) is 0.592. The van der Waals surface area contributed by atoms with Crippen LogP contribution in [0.3, 0.4) is 0 Å². The monoisotopic (exact) mass is 434 g/mol. The lowest BCUT2D eigenvalue weighted by Gasteiger charge is -2.33. The summed E-state index contributed by atoms with van der Waals surface area (Å²) in [7, 11) is 0. The Balaban J connectivity index is 1.32. The number of hydrogen-bond donors (Lipinski definition) is 1. The number of benzene rings is 2. The van der Waals surface area contributed by atoms with Crippen LogP contribution in [0.1, 0.15) is 35.5 Å². The highest BCUT2D eigenvalue weighted by molar-refractivity contribution is 5.74. The van der Waals surface area contributed by atoms with Crippen LogP contribution in [0.2, 0.25) is 0 Å². The summed E-state index contributed by atoms with van der Waals surface area (Å²) in [6, 6.07) is 16.9. The first kappa shape index (κ1) is 22.1. The molecule has 0 bridgehead atoms. The van der Waals surface area contributed by atoms with E-state index in [2.05, 4.69) is 27.0 Å². The van der Waals surface area contributed by atoms with Crippen LogP contribution in [0.15, 0.2) is 60.8 Å². The van der Waals surface area contributed by atoms with Crippen molar-refractivity contribution in [1.29, 1.82) is 0 Å². The minimum Gasteiger partial charge on any atom is -0.338 e. The van der Waals surface area contributed by atoms with Crippen LogP contribution in [-0.2, 0) is 19.4 Å². The van der Waals surface area contributed by atoms with Crippen LogP contribution in [0, 0.1) is 18.7 Å². The number of imidazole rings is 1. The molecule has 2 aromatic carbocycles. The van der Waals surface area contributed by atoms with Gasteiger partial charge in [-0.25, -0.2) is 14.2 Å². The lowest BCUT2D eigenvalue weighted by molar-refractivity contribution is 0.164. The topological polar surface area (TPSA) is 50.2 Å². The third-order valence-electron chi connectivity index (χ3n) is 6.20. The van der Waals surface area contributed by atoms with Crippen molar-refractivity contribution in [1.82, 2.24) is 19.8 Å². The summed E-state index contributed by atoms with van der Waals surface area (Å²) in [5, 5.41) is 3.07. The first-order chi connectivity index (χ1) is 15.6. The molecule has 1 saturated heterocycles. The van der Waals surface area contributed by atoms with Gasteiger partial charge in [0, 0.05) is 44.5 Å². The molecule has 1 N–H and O–H groups in total. The molecule has 0 aliphatic carbocycles. The number of halogens is 1. The van der Waals surface area contributed by atoms with E-state index < -0.39 is 0 Å². The van der Waals surface area contributed by atoms with E-state index in [4.69, 9.17) is 0 Å². The molecule has 6 heteroatoms. The second kappa shape index (κ2) is 10.4. The Hall–Kier alpha value is -3.15.